The van der Waals surface area contributed by atoms with Crippen molar-refractivity contribution in [1.82, 2.24) is 5.32 Å². The summed E-state index contributed by atoms with van der Waals surface area (Å²) >= 11 is 3.24. The van der Waals surface area contributed by atoms with E-state index in [0.717, 1.165) is 0 Å². The van der Waals surface area contributed by atoms with Gasteiger partial charge in [0.15, 0.2) is 0 Å². The van der Waals surface area contributed by atoms with Crippen molar-refractivity contribution in [2.75, 3.05) is 5.33 Å². The summed E-state index contributed by atoms with van der Waals surface area (Å²) in [5.41, 5.74) is -1.64. The van der Waals surface area contributed by atoms with E-state index in [4.69, 9.17) is 0 Å². The maximum absolute atomic E-state index is 13.6. The van der Waals surface area contributed by atoms with Crippen LogP contribution in [-0.2, 0) is 6.18 Å². The van der Waals surface area contributed by atoms with Gasteiger partial charge in [0.2, 0.25) is 0 Å². The van der Waals surface area contributed by atoms with Gasteiger partial charge in [-0.2, -0.15) is 13.2 Å². The number of nitrogens with one attached hydrogen (secondary N) is 1. The van der Waals surface area contributed by atoms with Crippen molar-refractivity contribution >= 4 is 21.8 Å². The van der Waals surface area contributed by atoms with Gasteiger partial charge >= 0.3 is 6.18 Å². The van der Waals surface area contributed by atoms with Crippen molar-refractivity contribution < 1.29 is 22.4 Å². The van der Waals surface area contributed by atoms with Crippen molar-refractivity contribution in [3.63, 3.8) is 0 Å². The second-order valence-corrected chi connectivity index (χ2v) is 5.79. The molecule has 0 saturated carbocycles. The van der Waals surface area contributed by atoms with E-state index in [1.807, 2.05) is 13.8 Å². The van der Waals surface area contributed by atoms with Gasteiger partial charge in [-0.1, -0.05) is 29.8 Å². The van der Waals surface area contributed by atoms with Crippen LogP contribution < -0.4 is 5.32 Å². The lowest BCUT2D eigenvalue weighted by molar-refractivity contribution is -0.137. The molecule has 1 aromatic rings. The molecule has 1 amide bonds. The Hall–Kier alpha value is -1.11. The van der Waals surface area contributed by atoms with Crippen LogP contribution in [0.3, 0.4) is 0 Å². The van der Waals surface area contributed by atoms with E-state index in [1.165, 1.54) is 0 Å². The molecule has 0 saturated heterocycles. The minimum Gasteiger partial charge on any atom is -0.349 e. The molecule has 0 aliphatic heterocycles. The normalized spacial score (nSPS) is 13.3. The molecule has 0 spiro atoms. The Morgan fingerprint density at radius 3 is 2.43 bits per heavy atom. The highest BCUT2D eigenvalue weighted by molar-refractivity contribution is 9.09. The summed E-state index contributed by atoms with van der Waals surface area (Å²) in [6.07, 6.45) is -4.01. The Balaban J connectivity index is 3.01. The van der Waals surface area contributed by atoms with Crippen molar-refractivity contribution in [3.05, 3.63) is 35.1 Å². The van der Waals surface area contributed by atoms with Crippen molar-refractivity contribution in [2.45, 2.75) is 32.5 Å². The number of carbonyl (C=O) groups excluding carboxylic acids is 1. The maximum atomic E-state index is 13.6. The minimum absolute atomic E-state index is 0.0837. The zero-order valence-corrected chi connectivity index (χ0v) is 13.2. The molecule has 118 valence electrons. The van der Waals surface area contributed by atoms with Gasteiger partial charge in [0.1, 0.15) is 5.82 Å². The third-order valence-corrected chi connectivity index (χ3v) is 3.54. The van der Waals surface area contributed by atoms with E-state index in [2.05, 4.69) is 21.2 Å². The summed E-state index contributed by atoms with van der Waals surface area (Å²) in [6, 6.07) is 1.57. The summed E-state index contributed by atoms with van der Waals surface area (Å²) in [5, 5.41) is 3.20. The molecule has 0 aliphatic carbocycles. The second-order valence-electron chi connectivity index (χ2n) is 4.99. The molecule has 1 rings (SSSR count). The van der Waals surface area contributed by atoms with Gasteiger partial charge in [-0.25, -0.2) is 4.39 Å². The van der Waals surface area contributed by atoms with Crippen molar-refractivity contribution in [1.29, 1.82) is 0 Å². The number of hydrogen-bond donors (Lipinski definition) is 1. The first kappa shape index (κ1) is 17.9. The minimum atomic E-state index is -4.62. The largest absolute Gasteiger partial charge is 0.416 e. The van der Waals surface area contributed by atoms with Crippen LogP contribution in [0.1, 0.15) is 36.2 Å². The van der Waals surface area contributed by atoms with E-state index < -0.39 is 29.0 Å². The maximum Gasteiger partial charge on any atom is 0.416 e. The van der Waals surface area contributed by atoms with Crippen LogP contribution in [-0.4, -0.2) is 17.3 Å². The lowest BCUT2D eigenvalue weighted by Gasteiger charge is -2.22. The number of benzene rings is 1. The molecule has 1 N–H and O–H groups in total. The molecule has 2 nitrogen and oxygen atoms in total. The van der Waals surface area contributed by atoms with Crippen LogP contribution in [0.15, 0.2) is 18.2 Å². The average molecular weight is 370 g/mol. The zero-order chi connectivity index (χ0) is 16.2. The van der Waals surface area contributed by atoms with Gasteiger partial charge in [0.25, 0.3) is 5.91 Å². The fraction of sp³-hybridized carbons (Fsp3) is 0.500. The summed E-state index contributed by atoms with van der Waals surface area (Å²) < 4.78 is 51.5. The summed E-state index contributed by atoms with van der Waals surface area (Å²) in [5.74, 6) is -1.72. The Morgan fingerprint density at radius 2 is 1.95 bits per heavy atom. The molecular formula is C14H16BrF4NO. The Morgan fingerprint density at radius 1 is 1.33 bits per heavy atom. The van der Waals surface area contributed by atoms with E-state index in [-0.39, 0.29) is 12.0 Å². The summed E-state index contributed by atoms with van der Waals surface area (Å²) in [7, 11) is 0. The fourth-order valence-electron chi connectivity index (χ4n) is 1.81. The second kappa shape index (κ2) is 7.24. The van der Waals surface area contributed by atoms with Crippen molar-refractivity contribution in [3.8, 4) is 0 Å². The van der Waals surface area contributed by atoms with Gasteiger partial charge < -0.3 is 5.32 Å². The molecule has 0 aromatic heterocycles. The topological polar surface area (TPSA) is 29.1 Å². The molecule has 0 aliphatic rings. The number of halogens is 5. The molecule has 0 radical (unpaired) electrons. The zero-order valence-electron chi connectivity index (χ0n) is 11.6. The predicted molar refractivity (Wildman–Crippen MR) is 75.9 cm³/mol. The molecule has 1 aromatic carbocycles. The number of carbonyl (C=O) groups is 1. The standard InChI is InChI=1S/C14H16BrF4NO/c1-8(2)12(5-6-15)20-13(21)10-7-9(14(17,18)19)3-4-11(10)16/h3-4,7-8,12H,5-6H2,1-2H3,(H,20,21). The van der Waals surface area contributed by atoms with E-state index in [1.54, 1.807) is 0 Å². The molecule has 0 bridgehead atoms. The molecule has 0 fully saturated rings. The smallest absolute Gasteiger partial charge is 0.349 e. The van der Waals surface area contributed by atoms with Crippen LogP contribution in [0.4, 0.5) is 17.6 Å². The van der Waals surface area contributed by atoms with Crippen molar-refractivity contribution in [2.24, 2.45) is 5.92 Å². The third-order valence-electron chi connectivity index (χ3n) is 3.08. The van der Waals surface area contributed by atoms with Crippen LogP contribution >= 0.6 is 15.9 Å². The van der Waals surface area contributed by atoms with Crippen LogP contribution in [0.25, 0.3) is 0 Å². The predicted octanol–water partition coefficient (Wildman–Crippen LogP) is 4.38. The first-order valence-electron chi connectivity index (χ1n) is 6.40. The van der Waals surface area contributed by atoms with Gasteiger partial charge in [-0.3, -0.25) is 4.79 Å². The lowest BCUT2D eigenvalue weighted by Crippen LogP contribution is -2.39. The van der Waals surface area contributed by atoms with E-state index >= 15 is 0 Å². The molecule has 1 atom stereocenters. The van der Waals surface area contributed by atoms with Gasteiger partial charge in [0, 0.05) is 11.4 Å². The van der Waals surface area contributed by atoms with Crippen LogP contribution in [0.2, 0.25) is 0 Å². The van der Waals surface area contributed by atoms with E-state index in [0.29, 0.717) is 30.0 Å². The Labute approximate surface area is 129 Å². The highest BCUT2D eigenvalue weighted by Crippen LogP contribution is 2.30. The van der Waals surface area contributed by atoms with E-state index in [9.17, 15) is 22.4 Å². The number of hydrogen-bond acceptors (Lipinski definition) is 1. The molecule has 7 heteroatoms. The van der Waals surface area contributed by atoms with Gasteiger partial charge in [-0.15, -0.1) is 0 Å². The Kier molecular flexibility index (Phi) is 6.19. The number of rotatable bonds is 5. The Bertz CT molecular complexity index is 502. The SMILES string of the molecule is CC(C)C(CCBr)NC(=O)c1cc(C(F)(F)F)ccc1F. The summed E-state index contributed by atoms with van der Waals surface area (Å²) in [4.78, 5) is 12.0. The number of alkyl halides is 4. The highest BCUT2D eigenvalue weighted by atomic mass is 79.9. The number of amides is 1. The van der Waals surface area contributed by atoms with Crippen LogP contribution in [0.5, 0.6) is 0 Å². The first-order chi connectivity index (χ1) is 9.66. The fourth-order valence-corrected chi connectivity index (χ4v) is 2.30. The van der Waals surface area contributed by atoms with Gasteiger partial charge in [-0.05, 0) is 30.5 Å². The molecular weight excluding hydrogens is 354 g/mol. The lowest BCUT2D eigenvalue weighted by atomic mass is 10.0. The average Bonchev–Trinajstić information content (AvgIpc) is 2.36. The first-order valence-corrected chi connectivity index (χ1v) is 7.52. The van der Waals surface area contributed by atoms with Crippen LogP contribution in [0, 0.1) is 11.7 Å². The monoisotopic (exact) mass is 369 g/mol. The molecule has 1 unspecified atom stereocenters. The third kappa shape index (κ3) is 4.98. The highest BCUT2D eigenvalue weighted by Gasteiger charge is 2.32. The summed E-state index contributed by atoms with van der Waals surface area (Å²) in [6.45, 7) is 3.74. The molecule has 0 heterocycles. The van der Waals surface area contributed by atoms with Gasteiger partial charge in [0.05, 0.1) is 11.1 Å². The quantitative estimate of drug-likeness (QED) is 0.605. The molecule has 21 heavy (non-hydrogen) atoms.